The number of fused-ring (bicyclic) bond motifs is 1. The number of aromatic nitrogens is 3. The van der Waals surface area contributed by atoms with Crippen molar-refractivity contribution >= 4 is 25.4 Å². The van der Waals surface area contributed by atoms with E-state index in [1.165, 1.54) is 0 Å². The molecule has 0 aliphatic rings. The molecule has 7 heteroatoms. The van der Waals surface area contributed by atoms with Gasteiger partial charge in [0.15, 0.2) is 5.65 Å². The molecule has 2 heterocycles. The maximum Gasteiger partial charge on any atom is 0.232 e. The summed E-state index contributed by atoms with van der Waals surface area (Å²) in [4.78, 5) is 4.10. The van der Waals surface area contributed by atoms with Crippen LogP contribution in [0.5, 0.6) is 0 Å². The molecule has 0 radical (unpaired) electrons. The Hall–Kier alpha value is -1.14. The largest absolute Gasteiger partial charge is 0.237 e. The smallest absolute Gasteiger partial charge is 0.232 e. The topological polar surface area (TPSA) is 64.3 Å². The molecule has 0 unspecified atom stereocenters. The van der Waals surface area contributed by atoms with E-state index in [0.29, 0.717) is 6.42 Å². The molecule has 80 valence electrons. The van der Waals surface area contributed by atoms with Crippen LogP contribution in [0.3, 0.4) is 0 Å². The van der Waals surface area contributed by atoms with Crippen molar-refractivity contribution < 1.29 is 8.42 Å². The molecular formula is C8H8ClN3O2S. The van der Waals surface area contributed by atoms with Gasteiger partial charge in [0.1, 0.15) is 0 Å². The van der Waals surface area contributed by atoms with E-state index in [1.54, 1.807) is 29.2 Å². The van der Waals surface area contributed by atoms with Crippen LogP contribution in [0.15, 0.2) is 24.7 Å². The molecule has 0 aliphatic heterocycles. The highest BCUT2D eigenvalue weighted by Crippen LogP contribution is 2.05. The second kappa shape index (κ2) is 3.79. The molecule has 0 aliphatic carbocycles. The summed E-state index contributed by atoms with van der Waals surface area (Å²) >= 11 is 0. The van der Waals surface area contributed by atoms with Crippen molar-refractivity contribution in [1.82, 2.24) is 14.6 Å². The Morgan fingerprint density at radius 2 is 2.27 bits per heavy atom. The van der Waals surface area contributed by atoms with Crippen LogP contribution in [-0.2, 0) is 15.5 Å². The van der Waals surface area contributed by atoms with E-state index in [-0.39, 0.29) is 5.75 Å². The van der Waals surface area contributed by atoms with Gasteiger partial charge < -0.3 is 0 Å². The summed E-state index contributed by atoms with van der Waals surface area (Å²) in [6.45, 7) is 0. The number of rotatable bonds is 3. The van der Waals surface area contributed by atoms with Gasteiger partial charge in [-0.15, -0.1) is 0 Å². The Kier molecular flexibility index (Phi) is 2.62. The Labute approximate surface area is 91.1 Å². The SMILES string of the molecule is O=S(=O)(Cl)CCc1cnc2ccnn2c1. The predicted molar refractivity (Wildman–Crippen MR) is 56.3 cm³/mol. The van der Waals surface area contributed by atoms with Gasteiger partial charge in [-0.2, -0.15) is 5.10 Å². The zero-order chi connectivity index (χ0) is 10.9. The van der Waals surface area contributed by atoms with Crippen LogP contribution in [0.2, 0.25) is 0 Å². The number of aryl methyl sites for hydroxylation is 1. The second-order valence-electron chi connectivity index (χ2n) is 3.09. The Morgan fingerprint density at radius 3 is 3.00 bits per heavy atom. The van der Waals surface area contributed by atoms with E-state index >= 15 is 0 Å². The van der Waals surface area contributed by atoms with Crippen LogP contribution >= 0.6 is 10.7 Å². The highest BCUT2D eigenvalue weighted by atomic mass is 35.7. The first-order valence-corrected chi connectivity index (χ1v) is 6.73. The monoisotopic (exact) mass is 245 g/mol. The van der Waals surface area contributed by atoms with E-state index in [0.717, 1.165) is 11.2 Å². The van der Waals surface area contributed by atoms with Gasteiger partial charge in [0.2, 0.25) is 9.05 Å². The quantitative estimate of drug-likeness (QED) is 0.752. The first-order chi connectivity index (χ1) is 7.04. The third-order valence-electron chi connectivity index (χ3n) is 1.93. The minimum absolute atomic E-state index is 0.0942. The van der Waals surface area contributed by atoms with Crippen molar-refractivity contribution in [3.63, 3.8) is 0 Å². The number of halogens is 1. The highest BCUT2D eigenvalue weighted by Gasteiger charge is 2.06. The lowest BCUT2D eigenvalue weighted by molar-refractivity contribution is 0.608. The van der Waals surface area contributed by atoms with Gasteiger partial charge in [0.05, 0.1) is 11.9 Å². The van der Waals surface area contributed by atoms with Crippen LogP contribution in [0.1, 0.15) is 5.56 Å². The van der Waals surface area contributed by atoms with Gasteiger partial charge in [-0.05, 0) is 12.0 Å². The van der Waals surface area contributed by atoms with Gasteiger partial charge in [-0.25, -0.2) is 17.9 Å². The molecule has 0 bridgehead atoms. The lowest BCUT2D eigenvalue weighted by Crippen LogP contribution is -2.03. The maximum atomic E-state index is 10.7. The molecule has 0 N–H and O–H groups in total. The summed E-state index contributed by atoms with van der Waals surface area (Å²) in [7, 11) is 1.66. The van der Waals surface area contributed by atoms with Crippen molar-refractivity contribution in [2.45, 2.75) is 6.42 Å². The summed E-state index contributed by atoms with van der Waals surface area (Å²) in [6, 6.07) is 1.77. The molecule has 0 spiro atoms. The predicted octanol–water partition coefficient (Wildman–Crippen LogP) is 0.840. The van der Waals surface area contributed by atoms with Crippen molar-refractivity contribution in [3.8, 4) is 0 Å². The molecule has 2 rings (SSSR count). The first kappa shape index (κ1) is 10.4. The Balaban J connectivity index is 2.21. The third-order valence-corrected chi connectivity index (χ3v) is 3.09. The molecule has 0 atom stereocenters. The molecule has 2 aromatic heterocycles. The van der Waals surface area contributed by atoms with E-state index in [4.69, 9.17) is 10.7 Å². The average molecular weight is 246 g/mol. The number of nitrogens with zero attached hydrogens (tertiary/aromatic N) is 3. The summed E-state index contributed by atoms with van der Waals surface area (Å²) in [6.07, 6.45) is 5.34. The van der Waals surface area contributed by atoms with Gasteiger partial charge in [0, 0.05) is 29.1 Å². The molecule has 0 saturated carbocycles. The zero-order valence-corrected chi connectivity index (χ0v) is 9.24. The zero-order valence-electron chi connectivity index (χ0n) is 7.67. The highest BCUT2D eigenvalue weighted by molar-refractivity contribution is 8.13. The molecule has 0 aromatic carbocycles. The van der Waals surface area contributed by atoms with Gasteiger partial charge in [-0.3, -0.25) is 0 Å². The van der Waals surface area contributed by atoms with E-state index in [2.05, 4.69) is 10.1 Å². The van der Waals surface area contributed by atoms with Crippen LogP contribution in [0.25, 0.3) is 5.65 Å². The van der Waals surface area contributed by atoms with Crippen LogP contribution < -0.4 is 0 Å². The van der Waals surface area contributed by atoms with Crippen LogP contribution in [0.4, 0.5) is 0 Å². The summed E-state index contributed by atoms with van der Waals surface area (Å²) in [5, 5.41) is 4.00. The molecule has 0 fully saturated rings. The summed E-state index contributed by atoms with van der Waals surface area (Å²) in [5.41, 5.74) is 1.52. The third kappa shape index (κ3) is 2.66. The molecule has 0 amide bonds. The van der Waals surface area contributed by atoms with Crippen molar-refractivity contribution in [2.24, 2.45) is 0 Å². The molecule has 2 aromatic rings. The molecular weight excluding hydrogens is 238 g/mol. The number of hydrogen-bond donors (Lipinski definition) is 0. The maximum absolute atomic E-state index is 10.7. The van der Waals surface area contributed by atoms with E-state index < -0.39 is 9.05 Å². The lowest BCUT2D eigenvalue weighted by atomic mass is 10.3. The summed E-state index contributed by atoms with van der Waals surface area (Å²) in [5.74, 6) is -0.0942. The van der Waals surface area contributed by atoms with E-state index in [1.807, 2.05) is 0 Å². The summed E-state index contributed by atoms with van der Waals surface area (Å²) < 4.78 is 23.1. The van der Waals surface area contributed by atoms with Crippen LogP contribution in [-0.4, -0.2) is 28.8 Å². The minimum atomic E-state index is -3.45. The minimum Gasteiger partial charge on any atom is -0.237 e. The van der Waals surface area contributed by atoms with Crippen molar-refractivity contribution in [3.05, 3.63) is 30.2 Å². The Bertz CT molecular complexity index is 578. The van der Waals surface area contributed by atoms with Gasteiger partial charge >= 0.3 is 0 Å². The lowest BCUT2D eigenvalue weighted by Gasteiger charge is -1.99. The fourth-order valence-corrected chi connectivity index (χ4v) is 1.93. The van der Waals surface area contributed by atoms with Crippen LogP contribution in [0, 0.1) is 0 Å². The van der Waals surface area contributed by atoms with E-state index in [9.17, 15) is 8.42 Å². The fourth-order valence-electron chi connectivity index (χ4n) is 1.22. The Morgan fingerprint density at radius 1 is 1.47 bits per heavy atom. The fraction of sp³-hybridized carbons (Fsp3) is 0.250. The van der Waals surface area contributed by atoms with Crippen molar-refractivity contribution in [1.29, 1.82) is 0 Å². The molecule has 5 nitrogen and oxygen atoms in total. The second-order valence-corrected chi connectivity index (χ2v) is 5.99. The standard InChI is InChI=1S/C8H8ClN3O2S/c9-15(13,14)4-2-7-5-10-8-1-3-11-12(8)6-7/h1,3,5-6H,2,4H2. The molecule has 15 heavy (non-hydrogen) atoms. The normalized spacial score (nSPS) is 12.1. The van der Waals surface area contributed by atoms with Gasteiger partial charge in [0.25, 0.3) is 0 Å². The van der Waals surface area contributed by atoms with Crippen molar-refractivity contribution in [2.75, 3.05) is 5.75 Å². The average Bonchev–Trinajstić information content (AvgIpc) is 2.60. The van der Waals surface area contributed by atoms with Gasteiger partial charge in [-0.1, -0.05) is 0 Å². The molecule has 0 saturated heterocycles. The first-order valence-electron chi connectivity index (χ1n) is 4.25. The number of hydrogen-bond acceptors (Lipinski definition) is 4.